The molecule has 0 unspecified atom stereocenters. The Kier molecular flexibility index (Phi) is 6.20. The molecule has 34 heavy (non-hydrogen) atoms. The summed E-state index contributed by atoms with van der Waals surface area (Å²) >= 11 is 0. The third-order valence-electron chi connectivity index (χ3n) is 5.87. The van der Waals surface area contributed by atoms with Crippen LogP contribution in [0.15, 0.2) is 60.9 Å². The molecule has 2 aromatic carbocycles. The maximum absolute atomic E-state index is 13.0. The van der Waals surface area contributed by atoms with E-state index in [0.717, 1.165) is 39.0 Å². The molecule has 1 amide bonds. The molecule has 6 nitrogen and oxygen atoms in total. The maximum Gasteiger partial charge on any atom is 0.255 e. The number of aromatic amines is 1. The first-order valence-corrected chi connectivity index (χ1v) is 10.9. The van der Waals surface area contributed by atoms with E-state index in [9.17, 15) is 10.1 Å². The lowest BCUT2D eigenvalue weighted by molar-refractivity contribution is 0.102. The Morgan fingerprint density at radius 2 is 1.94 bits per heavy atom. The van der Waals surface area contributed by atoms with Crippen molar-refractivity contribution < 1.29 is 9.53 Å². The van der Waals surface area contributed by atoms with Gasteiger partial charge in [-0.2, -0.15) is 5.26 Å². The number of nitrogens with zero attached hydrogens (tertiary/aromatic N) is 2. The number of ether oxygens (including phenoxy) is 1. The van der Waals surface area contributed by atoms with Gasteiger partial charge in [-0.25, -0.2) is 4.98 Å². The van der Waals surface area contributed by atoms with E-state index in [1.807, 2.05) is 81.6 Å². The molecule has 2 aromatic heterocycles. The molecule has 0 atom stereocenters. The Hall–Kier alpha value is -4.37. The Balaban J connectivity index is 1.59. The van der Waals surface area contributed by atoms with Gasteiger partial charge >= 0.3 is 0 Å². The zero-order chi connectivity index (χ0) is 24.3. The average Bonchev–Trinajstić information content (AvgIpc) is 3.32. The van der Waals surface area contributed by atoms with Gasteiger partial charge in [-0.3, -0.25) is 4.79 Å². The number of hydrogen-bond acceptors (Lipinski definition) is 4. The number of carbonyl (C=O) groups excluding carboxylic acids is 1. The quantitative estimate of drug-likeness (QED) is 0.371. The zero-order valence-electron chi connectivity index (χ0n) is 19.6. The molecule has 0 spiro atoms. The summed E-state index contributed by atoms with van der Waals surface area (Å²) < 4.78 is 5.61. The summed E-state index contributed by atoms with van der Waals surface area (Å²) in [6.45, 7) is 5.70. The minimum absolute atomic E-state index is 0.213. The van der Waals surface area contributed by atoms with Crippen molar-refractivity contribution in [2.75, 3.05) is 12.4 Å². The molecule has 2 heterocycles. The first kappa shape index (κ1) is 22.8. The Morgan fingerprint density at radius 3 is 2.71 bits per heavy atom. The number of nitriles is 1. The molecule has 0 saturated heterocycles. The molecular weight excluding hydrogens is 424 g/mol. The largest absolute Gasteiger partial charge is 0.495 e. The molecule has 0 aliphatic rings. The highest BCUT2D eigenvalue weighted by atomic mass is 16.5. The van der Waals surface area contributed by atoms with Gasteiger partial charge in [-0.1, -0.05) is 24.3 Å². The molecule has 0 bridgehead atoms. The fourth-order valence-electron chi connectivity index (χ4n) is 3.74. The van der Waals surface area contributed by atoms with Crippen molar-refractivity contribution in [3.8, 4) is 11.8 Å². The van der Waals surface area contributed by atoms with Gasteiger partial charge in [0, 0.05) is 29.2 Å². The SMILES string of the molecule is COc1c(/C=C/c2cc(C(=O)Nc3cccc(C(C)(C)C#N)c3)ccc2C)cnc2[nH]ccc12. The van der Waals surface area contributed by atoms with Gasteiger partial charge in [-0.05, 0) is 73.9 Å². The van der Waals surface area contributed by atoms with Crippen molar-refractivity contribution >= 4 is 34.8 Å². The summed E-state index contributed by atoms with van der Waals surface area (Å²) in [7, 11) is 1.64. The van der Waals surface area contributed by atoms with Crippen LogP contribution in [0.3, 0.4) is 0 Å². The van der Waals surface area contributed by atoms with Gasteiger partial charge in [0.2, 0.25) is 0 Å². The van der Waals surface area contributed by atoms with Crippen molar-refractivity contribution in [2.45, 2.75) is 26.2 Å². The molecule has 0 radical (unpaired) electrons. The highest BCUT2D eigenvalue weighted by Crippen LogP contribution is 2.29. The predicted octanol–water partition coefficient (Wildman–Crippen LogP) is 6.10. The van der Waals surface area contributed by atoms with Crippen molar-refractivity contribution in [1.29, 1.82) is 5.26 Å². The standard InChI is InChI=1S/C28H26N4O2/c1-18-8-9-20(27(33)32-23-7-5-6-22(15-23)28(2,3)17-29)14-19(18)10-11-21-16-31-26-24(12-13-30-26)25(21)34-4/h5-16H,1-4H3,(H,30,31)(H,32,33)/b11-10+. The van der Waals surface area contributed by atoms with Crippen LogP contribution in [-0.2, 0) is 5.41 Å². The van der Waals surface area contributed by atoms with Crippen LogP contribution in [0.5, 0.6) is 5.75 Å². The second-order valence-electron chi connectivity index (χ2n) is 8.66. The van der Waals surface area contributed by atoms with E-state index in [1.54, 1.807) is 19.4 Å². The second kappa shape index (κ2) is 9.24. The number of methoxy groups -OCH3 is 1. The van der Waals surface area contributed by atoms with Crippen LogP contribution in [0.4, 0.5) is 5.69 Å². The lowest BCUT2D eigenvalue weighted by Crippen LogP contribution is -2.16. The first-order valence-electron chi connectivity index (χ1n) is 10.9. The zero-order valence-corrected chi connectivity index (χ0v) is 19.6. The third-order valence-corrected chi connectivity index (χ3v) is 5.87. The van der Waals surface area contributed by atoms with Crippen LogP contribution in [0, 0.1) is 18.3 Å². The van der Waals surface area contributed by atoms with Gasteiger partial charge in [0.05, 0.1) is 24.0 Å². The van der Waals surface area contributed by atoms with Crippen molar-refractivity contribution in [1.82, 2.24) is 9.97 Å². The van der Waals surface area contributed by atoms with Crippen LogP contribution in [0.1, 0.15) is 46.5 Å². The maximum atomic E-state index is 13.0. The number of aryl methyl sites for hydroxylation is 1. The van der Waals surface area contributed by atoms with E-state index in [4.69, 9.17) is 4.74 Å². The van der Waals surface area contributed by atoms with Crippen LogP contribution in [-0.4, -0.2) is 23.0 Å². The summed E-state index contributed by atoms with van der Waals surface area (Å²) in [6, 6.07) is 17.2. The van der Waals surface area contributed by atoms with Gasteiger partial charge in [-0.15, -0.1) is 0 Å². The number of amides is 1. The number of hydrogen-bond donors (Lipinski definition) is 2. The fourth-order valence-corrected chi connectivity index (χ4v) is 3.74. The molecule has 0 aliphatic heterocycles. The topological polar surface area (TPSA) is 90.8 Å². The van der Waals surface area contributed by atoms with Crippen LogP contribution < -0.4 is 10.1 Å². The van der Waals surface area contributed by atoms with Gasteiger partial charge in [0.15, 0.2) is 0 Å². The Bertz CT molecular complexity index is 1440. The van der Waals surface area contributed by atoms with Crippen LogP contribution in [0.2, 0.25) is 0 Å². The average molecular weight is 451 g/mol. The van der Waals surface area contributed by atoms with Gasteiger partial charge in [0.1, 0.15) is 11.4 Å². The molecule has 0 saturated carbocycles. The summed E-state index contributed by atoms with van der Waals surface area (Å²) in [4.78, 5) is 20.5. The summed E-state index contributed by atoms with van der Waals surface area (Å²) in [6.07, 6.45) is 7.49. The number of H-pyrrole nitrogens is 1. The molecule has 170 valence electrons. The van der Waals surface area contributed by atoms with Crippen molar-refractivity contribution in [3.63, 3.8) is 0 Å². The van der Waals surface area contributed by atoms with Gasteiger partial charge < -0.3 is 15.0 Å². The van der Waals surface area contributed by atoms with Crippen LogP contribution >= 0.6 is 0 Å². The molecule has 0 fully saturated rings. The number of pyridine rings is 1. The fraction of sp³-hybridized carbons (Fsp3) is 0.179. The highest BCUT2D eigenvalue weighted by molar-refractivity contribution is 6.05. The monoisotopic (exact) mass is 450 g/mol. The minimum atomic E-state index is -0.637. The molecule has 6 heteroatoms. The number of nitrogens with one attached hydrogen (secondary N) is 2. The third kappa shape index (κ3) is 4.55. The number of fused-ring (bicyclic) bond motifs is 1. The number of carbonyl (C=O) groups is 1. The first-order chi connectivity index (χ1) is 16.3. The molecule has 4 aromatic rings. The Morgan fingerprint density at radius 1 is 1.15 bits per heavy atom. The molecule has 0 aliphatic carbocycles. The summed E-state index contributed by atoms with van der Waals surface area (Å²) in [5.74, 6) is 0.531. The number of aromatic nitrogens is 2. The van der Waals surface area contributed by atoms with Crippen molar-refractivity contribution in [3.05, 3.63) is 88.7 Å². The van der Waals surface area contributed by atoms with Crippen molar-refractivity contribution in [2.24, 2.45) is 0 Å². The lowest BCUT2D eigenvalue weighted by Gasteiger charge is -2.17. The molecule has 2 N–H and O–H groups in total. The smallest absolute Gasteiger partial charge is 0.255 e. The Labute approximate surface area is 198 Å². The molecular formula is C28H26N4O2. The highest BCUT2D eigenvalue weighted by Gasteiger charge is 2.20. The van der Waals surface area contributed by atoms with E-state index < -0.39 is 5.41 Å². The number of rotatable bonds is 6. The van der Waals surface area contributed by atoms with E-state index in [1.165, 1.54) is 0 Å². The van der Waals surface area contributed by atoms with E-state index in [-0.39, 0.29) is 5.91 Å². The summed E-state index contributed by atoms with van der Waals surface area (Å²) in [5.41, 5.74) is 4.99. The molecule has 4 rings (SSSR count). The van der Waals surface area contributed by atoms with Crippen LogP contribution in [0.25, 0.3) is 23.2 Å². The summed E-state index contributed by atoms with van der Waals surface area (Å²) in [5, 5.41) is 13.3. The second-order valence-corrected chi connectivity index (χ2v) is 8.66. The van der Waals surface area contributed by atoms with E-state index in [0.29, 0.717) is 11.3 Å². The minimum Gasteiger partial charge on any atom is -0.495 e. The van der Waals surface area contributed by atoms with Gasteiger partial charge in [0.25, 0.3) is 5.91 Å². The van der Waals surface area contributed by atoms with E-state index in [2.05, 4.69) is 21.4 Å². The number of benzene rings is 2. The normalized spacial score (nSPS) is 11.5. The lowest BCUT2D eigenvalue weighted by atomic mass is 9.86. The predicted molar refractivity (Wildman–Crippen MR) is 136 cm³/mol. The van der Waals surface area contributed by atoms with E-state index >= 15 is 0 Å². The number of anilines is 1.